The van der Waals surface area contributed by atoms with Crippen molar-refractivity contribution in [2.75, 3.05) is 18.0 Å². The van der Waals surface area contributed by atoms with Gasteiger partial charge in [0.05, 0.1) is 11.4 Å². The van der Waals surface area contributed by atoms with Gasteiger partial charge < -0.3 is 10.6 Å². The summed E-state index contributed by atoms with van der Waals surface area (Å²) in [4.78, 5) is 2.33. The third-order valence-electron chi connectivity index (χ3n) is 4.57. The van der Waals surface area contributed by atoms with Crippen LogP contribution in [0.15, 0.2) is 24.3 Å². The van der Waals surface area contributed by atoms with E-state index < -0.39 is 0 Å². The first-order valence-corrected chi connectivity index (χ1v) is 8.69. The zero-order valence-corrected chi connectivity index (χ0v) is 14.8. The average molecular weight is 315 g/mol. The van der Waals surface area contributed by atoms with Gasteiger partial charge in [-0.1, -0.05) is 19.1 Å². The van der Waals surface area contributed by atoms with Crippen molar-refractivity contribution in [1.82, 2.24) is 15.0 Å². The van der Waals surface area contributed by atoms with Crippen LogP contribution in [0.3, 0.4) is 0 Å². The minimum absolute atomic E-state index is 0.434. The van der Waals surface area contributed by atoms with E-state index in [4.69, 9.17) is 5.73 Å². The molecule has 0 amide bonds. The molecule has 0 aliphatic rings. The predicted octanol–water partition coefficient (Wildman–Crippen LogP) is 3.48. The van der Waals surface area contributed by atoms with Crippen LogP contribution in [0.2, 0.25) is 0 Å². The lowest BCUT2D eigenvalue weighted by Crippen LogP contribution is -2.21. The topological polar surface area (TPSA) is 60.0 Å². The monoisotopic (exact) mass is 315 g/mol. The van der Waals surface area contributed by atoms with Crippen molar-refractivity contribution in [3.8, 4) is 5.69 Å². The molecule has 5 heteroatoms. The van der Waals surface area contributed by atoms with Gasteiger partial charge in [0.25, 0.3) is 0 Å². The van der Waals surface area contributed by atoms with Gasteiger partial charge in [0.2, 0.25) is 0 Å². The maximum absolute atomic E-state index is 5.87. The molecule has 0 saturated heterocycles. The Bertz CT molecular complexity index is 594. The van der Waals surface area contributed by atoms with E-state index >= 15 is 0 Å². The number of benzene rings is 1. The summed E-state index contributed by atoms with van der Waals surface area (Å²) in [5.74, 6) is 0.436. The first-order chi connectivity index (χ1) is 11.2. The van der Waals surface area contributed by atoms with Crippen LogP contribution in [0.5, 0.6) is 0 Å². The van der Waals surface area contributed by atoms with Gasteiger partial charge in [-0.15, -0.1) is 5.10 Å². The molecular weight excluding hydrogens is 286 g/mol. The molecule has 1 heterocycles. The van der Waals surface area contributed by atoms with Crippen LogP contribution in [0.25, 0.3) is 5.69 Å². The van der Waals surface area contributed by atoms with Crippen LogP contribution in [-0.2, 0) is 6.54 Å². The van der Waals surface area contributed by atoms with Gasteiger partial charge in [-0.05, 0) is 51.0 Å². The number of nitrogens with zero attached hydrogens (tertiary/aromatic N) is 4. The number of anilines is 1. The molecule has 2 rings (SSSR count). The minimum Gasteiger partial charge on any atom is -0.372 e. The lowest BCUT2D eigenvalue weighted by Gasteiger charge is -2.21. The van der Waals surface area contributed by atoms with E-state index in [1.165, 1.54) is 5.69 Å². The quantitative estimate of drug-likeness (QED) is 0.810. The lowest BCUT2D eigenvalue weighted by atomic mass is 9.97. The molecule has 0 radical (unpaired) electrons. The first kappa shape index (κ1) is 17.5. The molecule has 0 bridgehead atoms. The van der Waals surface area contributed by atoms with Gasteiger partial charge in [-0.2, -0.15) is 0 Å². The summed E-state index contributed by atoms with van der Waals surface area (Å²) < 4.78 is 1.96. The molecule has 0 saturated carbocycles. The number of hydrogen-bond acceptors (Lipinski definition) is 4. The molecule has 0 unspecified atom stereocenters. The molecule has 0 spiro atoms. The van der Waals surface area contributed by atoms with Gasteiger partial charge in [0, 0.05) is 31.2 Å². The summed E-state index contributed by atoms with van der Waals surface area (Å²) in [5.41, 5.74) is 10.2. The van der Waals surface area contributed by atoms with Crippen LogP contribution in [0.1, 0.15) is 57.8 Å². The van der Waals surface area contributed by atoms with Crippen LogP contribution in [0, 0.1) is 0 Å². The minimum atomic E-state index is 0.434. The Hall–Kier alpha value is -1.88. The maximum atomic E-state index is 5.87. The summed E-state index contributed by atoms with van der Waals surface area (Å²) in [6.07, 6.45) is 2.13. The van der Waals surface area contributed by atoms with E-state index in [9.17, 15) is 0 Å². The molecule has 0 atom stereocenters. The van der Waals surface area contributed by atoms with Crippen LogP contribution >= 0.6 is 0 Å². The standard InChI is InChI=1S/C18H29N5/c1-5-14(6-2)18-17(13-19)20-21-23(18)16-11-9-15(10-12-16)22(7-3)8-4/h9-12,14H,5-8,13,19H2,1-4H3. The van der Waals surface area contributed by atoms with Crippen molar-refractivity contribution >= 4 is 5.69 Å². The van der Waals surface area contributed by atoms with Crippen molar-refractivity contribution in [2.24, 2.45) is 5.73 Å². The second kappa shape index (κ2) is 8.11. The second-order valence-electron chi connectivity index (χ2n) is 5.74. The summed E-state index contributed by atoms with van der Waals surface area (Å²) >= 11 is 0. The van der Waals surface area contributed by atoms with Crippen molar-refractivity contribution in [1.29, 1.82) is 0 Å². The van der Waals surface area contributed by atoms with Gasteiger partial charge in [-0.3, -0.25) is 0 Å². The van der Waals surface area contributed by atoms with E-state index in [0.29, 0.717) is 12.5 Å². The fraction of sp³-hybridized carbons (Fsp3) is 0.556. The highest BCUT2D eigenvalue weighted by atomic mass is 15.4. The fourth-order valence-electron chi connectivity index (χ4n) is 3.13. The van der Waals surface area contributed by atoms with Crippen molar-refractivity contribution in [3.05, 3.63) is 35.7 Å². The van der Waals surface area contributed by atoms with Gasteiger partial charge in [0.1, 0.15) is 5.69 Å². The highest BCUT2D eigenvalue weighted by molar-refractivity contribution is 5.51. The molecular formula is C18H29N5. The molecule has 1 aromatic heterocycles. The molecule has 0 aliphatic carbocycles. The third kappa shape index (κ3) is 3.55. The molecule has 1 aromatic carbocycles. The highest BCUT2D eigenvalue weighted by Gasteiger charge is 2.20. The molecule has 23 heavy (non-hydrogen) atoms. The van der Waals surface area contributed by atoms with Crippen molar-refractivity contribution < 1.29 is 0 Å². The summed E-state index contributed by atoms with van der Waals surface area (Å²) in [6, 6.07) is 8.55. The molecule has 126 valence electrons. The molecule has 0 aliphatic heterocycles. The van der Waals surface area contributed by atoms with Crippen LogP contribution < -0.4 is 10.6 Å². The molecule has 5 nitrogen and oxygen atoms in total. The molecule has 0 fully saturated rings. The Kier molecular flexibility index (Phi) is 6.16. The number of hydrogen-bond donors (Lipinski definition) is 1. The Balaban J connectivity index is 2.40. The number of rotatable bonds is 8. The Morgan fingerprint density at radius 1 is 1.04 bits per heavy atom. The fourth-order valence-corrected chi connectivity index (χ4v) is 3.13. The van der Waals surface area contributed by atoms with E-state index in [1.54, 1.807) is 0 Å². The molecule has 2 aromatic rings. The Morgan fingerprint density at radius 3 is 2.13 bits per heavy atom. The van der Waals surface area contributed by atoms with Crippen molar-refractivity contribution in [3.63, 3.8) is 0 Å². The second-order valence-corrected chi connectivity index (χ2v) is 5.74. The van der Waals surface area contributed by atoms with E-state index in [0.717, 1.165) is 43.0 Å². The van der Waals surface area contributed by atoms with Crippen molar-refractivity contribution in [2.45, 2.75) is 53.0 Å². The Morgan fingerprint density at radius 2 is 1.65 bits per heavy atom. The summed E-state index contributed by atoms with van der Waals surface area (Å²) in [6.45, 7) is 11.2. The third-order valence-corrected chi connectivity index (χ3v) is 4.57. The van der Waals surface area contributed by atoms with Crippen LogP contribution in [-0.4, -0.2) is 28.1 Å². The van der Waals surface area contributed by atoms with E-state index in [1.807, 2.05) is 4.68 Å². The lowest BCUT2D eigenvalue weighted by molar-refractivity contribution is 0.590. The number of nitrogens with two attached hydrogens (primary N) is 1. The largest absolute Gasteiger partial charge is 0.372 e. The predicted molar refractivity (Wildman–Crippen MR) is 96.1 cm³/mol. The number of aromatic nitrogens is 3. The summed E-state index contributed by atoms with van der Waals surface area (Å²) in [5, 5.41) is 8.66. The Labute approximate surface area is 139 Å². The zero-order valence-electron chi connectivity index (χ0n) is 14.8. The SMILES string of the molecule is CCC(CC)c1c(CN)nnn1-c1ccc(N(CC)CC)cc1. The smallest absolute Gasteiger partial charge is 0.100 e. The average Bonchev–Trinajstić information content (AvgIpc) is 3.02. The van der Waals surface area contributed by atoms with Gasteiger partial charge >= 0.3 is 0 Å². The van der Waals surface area contributed by atoms with E-state index in [2.05, 4.69) is 67.2 Å². The first-order valence-electron chi connectivity index (χ1n) is 8.69. The van der Waals surface area contributed by atoms with E-state index in [-0.39, 0.29) is 0 Å². The maximum Gasteiger partial charge on any atom is 0.100 e. The summed E-state index contributed by atoms with van der Waals surface area (Å²) in [7, 11) is 0. The van der Waals surface area contributed by atoms with Gasteiger partial charge in [-0.25, -0.2) is 4.68 Å². The normalized spacial score (nSPS) is 11.2. The van der Waals surface area contributed by atoms with Crippen LogP contribution in [0.4, 0.5) is 5.69 Å². The zero-order chi connectivity index (χ0) is 16.8. The molecule has 2 N–H and O–H groups in total. The van der Waals surface area contributed by atoms with Gasteiger partial charge in [0.15, 0.2) is 0 Å². The highest BCUT2D eigenvalue weighted by Crippen LogP contribution is 2.28.